The Morgan fingerprint density at radius 3 is 2.39 bits per heavy atom. The topological polar surface area (TPSA) is 238 Å². The van der Waals surface area contributed by atoms with Gasteiger partial charge in [0.25, 0.3) is 23.6 Å². The zero-order valence-electron chi connectivity index (χ0n) is 34.7. The van der Waals surface area contributed by atoms with Crippen LogP contribution < -0.4 is 26.4 Å². The van der Waals surface area contributed by atoms with Crippen LogP contribution in [-0.4, -0.2) is 115 Å². The third-order valence-electron chi connectivity index (χ3n) is 11.9. The van der Waals surface area contributed by atoms with Crippen molar-refractivity contribution in [3.05, 3.63) is 101 Å². The second-order valence-corrected chi connectivity index (χ2v) is 15.8. The monoisotopic (exact) mass is 889 g/mol. The molecule has 6 heterocycles. The summed E-state index contributed by atoms with van der Waals surface area (Å²) in [5, 5.41) is 21.9. The average Bonchev–Trinajstić information content (AvgIpc) is 4.00. The Labute approximate surface area is 374 Å². The van der Waals surface area contributed by atoms with Gasteiger partial charge in [0.2, 0.25) is 11.8 Å². The number of hydrogen-bond donors (Lipinski definition) is 4. The first-order valence-corrected chi connectivity index (χ1v) is 21.0. The number of fused-ring (bicyclic) bond motifs is 2. The molecule has 0 bridgehead atoms. The van der Waals surface area contributed by atoms with Gasteiger partial charge in [-0.2, -0.15) is 18.6 Å². The molecule has 2 fully saturated rings. The summed E-state index contributed by atoms with van der Waals surface area (Å²) in [5.74, 6) is -0.825. The van der Waals surface area contributed by atoms with Crippen molar-refractivity contribution >= 4 is 60.4 Å². The number of para-hydroxylation sites is 1. The van der Waals surface area contributed by atoms with Crippen molar-refractivity contribution < 1.29 is 38.2 Å². The first-order chi connectivity index (χ1) is 30.6. The van der Waals surface area contributed by atoms with Crippen LogP contribution in [0.1, 0.15) is 79.7 Å². The van der Waals surface area contributed by atoms with E-state index < -0.39 is 35.6 Å². The van der Waals surface area contributed by atoms with Gasteiger partial charge in [-0.25, -0.2) is 9.36 Å². The molecule has 4 aliphatic heterocycles. The van der Waals surface area contributed by atoms with Crippen LogP contribution in [0.25, 0.3) is 11.3 Å². The molecule has 0 radical (unpaired) electrons. The Morgan fingerprint density at radius 2 is 1.64 bits per heavy atom. The van der Waals surface area contributed by atoms with E-state index in [1.807, 2.05) is 59.3 Å². The van der Waals surface area contributed by atoms with Crippen LogP contribution in [0.15, 0.2) is 79.0 Å². The largest absolute Gasteiger partial charge is 0.457 e. The van der Waals surface area contributed by atoms with E-state index in [0.29, 0.717) is 61.2 Å². The summed E-state index contributed by atoms with van der Waals surface area (Å²) in [5.41, 5.74) is 8.59. The van der Waals surface area contributed by atoms with Crippen molar-refractivity contribution in [1.82, 2.24) is 39.9 Å². The standard InChI is InChI=1S/C44H45N11O8.H2S/c45-39(57)37-38(27-9-11-29(12-10-27)63-28-5-2-1-3-6-28)50-55-33(15-18-47-40(37)55)26-16-20-52(21-17-26)43(60)32-25-53(51-49-32)22-24-62-23-19-46-31-8-4-7-30-36(31)44(61)54(42(30)59)34-13-14-35(56)48-41(34)58;/h1-12,25-26,33-34,46-47H,13-24H2,(H2,45,57)(H,48,56,58);1H2/t33-,34?;/m0./s1. The van der Waals surface area contributed by atoms with Gasteiger partial charge in [0.15, 0.2) is 5.69 Å². The predicted molar refractivity (Wildman–Crippen MR) is 236 cm³/mol. The number of nitrogens with two attached hydrogens (primary N) is 1. The van der Waals surface area contributed by atoms with Gasteiger partial charge < -0.3 is 30.7 Å². The zero-order valence-corrected chi connectivity index (χ0v) is 35.7. The smallest absolute Gasteiger partial charge is 0.276 e. The van der Waals surface area contributed by atoms with Gasteiger partial charge in [-0.1, -0.05) is 29.5 Å². The lowest BCUT2D eigenvalue weighted by Crippen LogP contribution is -2.54. The minimum atomic E-state index is -1.05. The third kappa shape index (κ3) is 8.65. The van der Waals surface area contributed by atoms with Gasteiger partial charge in [-0.15, -0.1) is 5.10 Å². The molecular weight excluding hydrogens is 843 g/mol. The molecule has 0 spiro atoms. The van der Waals surface area contributed by atoms with Crippen LogP contribution in [0.2, 0.25) is 0 Å². The number of amides is 6. The SMILES string of the molecule is NC(=O)c1c(-c2ccc(Oc3ccccc3)cc2)nn2c1NCC[C@H]2C1CCN(C(=O)c2cn(CCOCCNc3cccc4c3C(=O)N(C3CCC(=O)NC3=O)C4=O)nn2)CC1.S. The number of nitrogens with zero attached hydrogens (tertiary/aromatic N) is 7. The molecule has 2 aromatic heterocycles. The first kappa shape index (κ1) is 43.6. The van der Waals surface area contributed by atoms with E-state index in [1.165, 1.54) is 6.07 Å². The average molecular weight is 890 g/mol. The second-order valence-electron chi connectivity index (χ2n) is 15.8. The molecule has 64 heavy (non-hydrogen) atoms. The molecular formula is C44H47N11O8S. The minimum absolute atomic E-state index is 0. The zero-order chi connectivity index (χ0) is 43.6. The molecule has 1 unspecified atom stereocenters. The summed E-state index contributed by atoms with van der Waals surface area (Å²) in [6, 6.07) is 20.7. The van der Waals surface area contributed by atoms with Gasteiger partial charge in [0.05, 0.1) is 43.1 Å². The Morgan fingerprint density at radius 1 is 0.875 bits per heavy atom. The van der Waals surface area contributed by atoms with Crippen molar-refractivity contribution in [3.63, 3.8) is 0 Å². The molecule has 6 amide bonds. The number of primary amides is 1. The van der Waals surface area contributed by atoms with E-state index in [4.69, 9.17) is 20.3 Å². The van der Waals surface area contributed by atoms with Crippen LogP contribution >= 0.6 is 13.5 Å². The van der Waals surface area contributed by atoms with E-state index in [-0.39, 0.29) is 74.2 Å². The number of rotatable bonds is 14. The highest BCUT2D eigenvalue weighted by atomic mass is 32.1. The maximum Gasteiger partial charge on any atom is 0.276 e. The minimum Gasteiger partial charge on any atom is -0.457 e. The van der Waals surface area contributed by atoms with E-state index in [9.17, 15) is 28.8 Å². The third-order valence-corrected chi connectivity index (χ3v) is 11.9. The highest BCUT2D eigenvalue weighted by molar-refractivity contribution is 7.59. The van der Waals surface area contributed by atoms with Gasteiger partial charge >= 0.3 is 0 Å². The number of imide groups is 2. The Bertz CT molecular complexity index is 2590. The van der Waals surface area contributed by atoms with Crippen LogP contribution in [0.5, 0.6) is 11.5 Å². The van der Waals surface area contributed by atoms with Crippen molar-refractivity contribution in [3.8, 4) is 22.8 Å². The molecule has 2 atom stereocenters. The van der Waals surface area contributed by atoms with Gasteiger partial charge in [0.1, 0.15) is 34.6 Å². The number of anilines is 2. The fourth-order valence-electron chi connectivity index (χ4n) is 8.82. The highest BCUT2D eigenvalue weighted by Crippen LogP contribution is 2.40. The fourth-order valence-corrected chi connectivity index (χ4v) is 8.82. The van der Waals surface area contributed by atoms with Crippen LogP contribution in [0.3, 0.4) is 0 Å². The number of nitrogens with one attached hydrogen (secondary N) is 3. The van der Waals surface area contributed by atoms with E-state index in [0.717, 1.165) is 35.5 Å². The first-order valence-electron chi connectivity index (χ1n) is 21.0. The lowest BCUT2D eigenvalue weighted by atomic mass is 9.86. The molecule has 2 saturated heterocycles. The molecule has 3 aromatic carbocycles. The molecule has 19 nitrogen and oxygen atoms in total. The Kier molecular flexibility index (Phi) is 12.8. The summed E-state index contributed by atoms with van der Waals surface area (Å²) in [4.78, 5) is 79.6. The predicted octanol–water partition coefficient (Wildman–Crippen LogP) is 3.58. The number of piperidine rings is 2. The Balaban J connectivity index is 0.00000560. The molecule has 332 valence electrons. The van der Waals surface area contributed by atoms with Crippen LogP contribution in [0.4, 0.5) is 11.5 Å². The number of aromatic nitrogens is 5. The van der Waals surface area contributed by atoms with Gasteiger partial charge in [-0.3, -0.25) is 39.0 Å². The fraction of sp³-hybridized carbons (Fsp3) is 0.341. The number of likely N-dealkylation sites (tertiary alicyclic amines) is 1. The molecule has 4 aliphatic rings. The molecule has 0 saturated carbocycles. The maximum absolute atomic E-state index is 13.5. The van der Waals surface area contributed by atoms with E-state index >= 15 is 0 Å². The normalized spacial score (nSPS) is 18.4. The Hall–Kier alpha value is -7.06. The maximum atomic E-state index is 13.5. The van der Waals surface area contributed by atoms with Crippen molar-refractivity contribution in [2.45, 2.75) is 50.7 Å². The van der Waals surface area contributed by atoms with Gasteiger partial charge in [-0.05, 0) is 80.1 Å². The second kappa shape index (κ2) is 18.7. The number of carbonyl (C=O) groups is 6. The summed E-state index contributed by atoms with van der Waals surface area (Å²) in [7, 11) is 0. The summed E-state index contributed by atoms with van der Waals surface area (Å²) >= 11 is 0. The number of ether oxygens (including phenoxy) is 2. The molecule has 9 rings (SSSR count). The highest BCUT2D eigenvalue weighted by Gasteiger charge is 2.45. The van der Waals surface area contributed by atoms with Crippen molar-refractivity contribution in [1.29, 1.82) is 0 Å². The molecule has 0 aliphatic carbocycles. The lowest BCUT2D eigenvalue weighted by Gasteiger charge is -2.38. The number of benzene rings is 3. The van der Waals surface area contributed by atoms with E-state index in [1.54, 1.807) is 27.9 Å². The number of carbonyl (C=O) groups excluding carboxylic acids is 6. The van der Waals surface area contributed by atoms with Gasteiger partial charge in [0, 0.05) is 43.9 Å². The molecule has 20 heteroatoms. The van der Waals surface area contributed by atoms with Crippen LogP contribution in [-0.2, 0) is 20.9 Å². The quantitative estimate of drug-likeness (QED) is 0.0923. The van der Waals surface area contributed by atoms with Crippen molar-refractivity contribution in [2.75, 3.05) is 50.0 Å². The summed E-state index contributed by atoms with van der Waals surface area (Å²) in [6.07, 6.45) is 4.02. The van der Waals surface area contributed by atoms with Crippen LogP contribution in [0, 0.1) is 5.92 Å². The number of hydrogen-bond acceptors (Lipinski definition) is 13. The molecule has 5 aromatic rings. The molecule has 5 N–H and O–H groups in total. The van der Waals surface area contributed by atoms with Crippen molar-refractivity contribution in [2.24, 2.45) is 11.7 Å². The summed E-state index contributed by atoms with van der Waals surface area (Å²) < 4.78 is 15.2. The lowest BCUT2D eigenvalue weighted by molar-refractivity contribution is -0.136. The summed E-state index contributed by atoms with van der Waals surface area (Å²) in [6.45, 7) is 2.93. The van der Waals surface area contributed by atoms with E-state index in [2.05, 4.69) is 26.3 Å².